The molecule has 0 spiro atoms. The average Bonchev–Trinajstić information content (AvgIpc) is 2.85. The summed E-state index contributed by atoms with van der Waals surface area (Å²) in [6.45, 7) is 3.31. The van der Waals surface area contributed by atoms with Crippen LogP contribution in [0.4, 0.5) is 0 Å². The molecule has 2 aromatic rings. The third kappa shape index (κ3) is 4.50. The highest BCUT2D eigenvalue weighted by molar-refractivity contribution is 7.97. The number of benzene rings is 1. The van der Waals surface area contributed by atoms with Crippen LogP contribution in [0.15, 0.2) is 24.3 Å². The van der Waals surface area contributed by atoms with Gasteiger partial charge in [0.05, 0.1) is 16.8 Å². The van der Waals surface area contributed by atoms with Crippen LogP contribution in [-0.4, -0.2) is 28.3 Å². The van der Waals surface area contributed by atoms with Crippen molar-refractivity contribution < 1.29 is 4.79 Å². The molecule has 1 aromatic heterocycles. The zero-order valence-corrected chi connectivity index (χ0v) is 14.3. The first kappa shape index (κ1) is 16.9. The summed E-state index contributed by atoms with van der Waals surface area (Å²) in [6, 6.07) is 8.00. The molecule has 22 heavy (non-hydrogen) atoms. The molecule has 1 heterocycles. The highest BCUT2D eigenvalue weighted by Crippen LogP contribution is 2.18. The van der Waals surface area contributed by atoms with E-state index in [1.54, 1.807) is 11.8 Å². The molecule has 0 radical (unpaired) electrons. The van der Waals surface area contributed by atoms with Crippen LogP contribution in [0.2, 0.25) is 0 Å². The maximum absolute atomic E-state index is 12.2. The van der Waals surface area contributed by atoms with Gasteiger partial charge >= 0.3 is 0 Å². The third-order valence-corrected chi connectivity index (χ3v) is 4.21. The Bertz CT molecular complexity index is 609. The van der Waals surface area contributed by atoms with Gasteiger partial charge in [-0.2, -0.15) is 11.8 Å². The van der Waals surface area contributed by atoms with Gasteiger partial charge in [-0.3, -0.25) is 4.79 Å². The molecule has 1 N–H and O–H groups in total. The van der Waals surface area contributed by atoms with Crippen molar-refractivity contribution in [2.45, 2.75) is 44.9 Å². The van der Waals surface area contributed by atoms with Crippen molar-refractivity contribution in [2.75, 3.05) is 12.8 Å². The van der Waals surface area contributed by atoms with Crippen LogP contribution in [-0.2, 0) is 17.1 Å². The molecule has 0 bridgehead atoms. The van der Waals surface area contributed by atoms with Gasteiger partial charge < -0.3 is 9.88 Å². The van der Waals surface area contributed by atoms with E-state index in [9.17, 15) is 4.79 Å². The molecule has 0 saturated heterocycles. The standard InChI is InChI=1S/C17H25N3OS/c1-3-4-5-8-11-18-17(21)12-20-15-10-7-6-9-14(15)19-16(20)13-22-2/h6-7,9-10H,3-5,8,11-13H2,1-2H3,(H,18,21). The normalized spacial score (nSPS) is 11.0. The Hall–Kier alpha value is -1.49. The highest BCUT2D eigenvalue weighted by Gasteiger charge is 2.12. The number of imidazole rings is 1. The van der Waals surface area contributed by atoms with Crippen LogP contribution in [0.5, 0.6) is 0 Å². The summed E-state index contributed by atoms with van der Waals surface area (Å²) >= 11 is 1.72. The van der Waals surface area contributed by atoms with Gasteiger partial charge in [0.1, 0.15) is 12.4 Å². The zero-order valence-electron chi connectivity index (χ0n) is 13.5. The lowest BCUT2D eigenvalue weighted by atomic mass is 10.2. The summed E-state index contributed by atoms with van der Waals surface area (Å²) in [7, 11) is 0. The second-order valence-corrected chi connectivity index (χ2v) is 6.31. The Morgan fingerprint density at radius 3 is 2.86 bits per heavy atom. The molecular weight excluding hydrogens is 294 g/mol. The molecule has 0 aliphatic rings. The van der Waals surface area contributed by atoms with E-state index in [1.807, 2.05) is 28.8 Å². The number of hydrogen-bond acceptors (Lipinski definition) is 3. The van der Waals surface area contributed by atoms with Gasteiger partial charge in [0.25, 0.3) is 0 Å². The van der Waals surface area contributed by atoms with Crippen LogP contribution in [0.3, 0.4) is 0 Å². The average molecular weight is 319 g/mol. The molecule has 0 aliphatic heterocycles. The Morgan fingerprint density at radius 2 is 2.09 bits per heavy atom. The summed E-state index contributed by atoms with van der Waals surface area (Å²) in [6.07, 6.45) is 6.74. The molecule has 1 aromatic carbocycles. The number of fused-ring (bicyclic) bond motifs is 1. The molecule has 0 saturated carbocycles. The van der Waals surface area contributed by atoms with E-state index < -0.39 is 0 Å². The molecule has 2 rings (SSSR count). The zero-order chi connectivity index (χ0) is 15.8. The van der Waals surface area contributed by atoms with Crippen LogP contribution in [0.1, 0.15) is 38.4 Å². The fraction of sp³-hybridized carbons (Fsp3) is 0.529. The van der Waals surface area contributed by atoms with E-state index in [0.717, 1.165) is 35.6 Å². The van der Waals surface area contributed by atoms with Crippen molar-refractivity contribution >= 4 is 28.7 Å². The summed E-state index contributed by atoms with van der Waals surface area (Å²) in [4.78, 5) is 16.8. The summed E-state index contributed by atoms with van der Waals surface area (Å²) < 4.78 is 2.03. The highest BCUT2D eigenvalue weighted by atomic mass is 32.2. The number of thioether (sulfide) groups is 1. The number of unbranched alkanes of at least 4 members (excludes halogenated alkanes) is 3. The summed E-state index contributed by atoms with van der Waals surface area (Å²) in [5, 5.41) is 3.02. The first-order valence-corrected chi connectivity index (χ1v) is 9.35. The predicted molar refractivity (Wildman–Crippen MR) is 94.1 cm³/mol. The van der Waals surface area contributed by atoms with Gasteiger partial charge in [0.15, 0.2) is 0 Å². The van der Waals surface area contributed by atoms with Gasteiger partial charge in [-0.25, -0.2) is 4.98 Å². The molecule has 120 valence electrons. The number of carbonyl (C=O) groups excluding carboxylic acids is 1. The molecule has 0 aliphatic carbocycles. The number of aromatic nitrogens is 2. The second kappa shape index (κ2) is 8.83. The largest absolute Gasteiger partial charge is 0.355 e. The number of nitrogens with zero attached hydrogens (tertiary/aromatic N) is 2. The van der Waals surface area contributed by atoms with Crippen molar-refractivity contribution in [2.24, 2.45) is 0 Å². The van der Waals surface area contributed by atoms with Crippen molar-refractivity contribution in [1.29, 1.82) is 0 Å². The van der Waals surface area contributed by atoms with E-state index in [0.29, 0.717) is 6.54 Å². The third-order valence-electron chi connectivity index (χ3n) is 3.66. The Labute approximate surface area is 136 Å². The molecule has 1 amide bonds. The van der Waals surface area contributed by atoms with Gasteiger partial charge in [-0.1, -0.05) is 38.3 Å². The lowest BCUT2D eigenvalue weighted by Gasteiger charge is -2.09. The van der Waals surface area contributed by atoms with Crippen LogP contribution < -0.4 is 5.32 Å². The van der Waals surface area contributed by atoms with Gasteiger partial charge in [0.2, 0.25) is 5.91 Å². The first-order valence-electron chi connectivity index (χ1n) is 7.96. The van der Waals surface area contributed by atoms with Gasteiger partial charge in [-0.05, 0) is 24.8 Å². The lowest BCUT2D eigenvalue weighted by Crippen LogP contribution is -2.29. The smallest absolute Gasteiger partial charge is 0.240 e. The monoisotopic (exact) mass is 319 g/mol. The predicted octanol–water partition coefficient (Wildman–Crippen LogP) is 3.60. The van der Waals surface area contributed by atoms with E-state index in [2.05, 4.69) is 23.5 Å². The maximum atomic E-state index is 12.2. The molecular formula is C17H25N3OS. The van der Waals surface area contributed by atoms with Crippen LogP contribution >= 0.6 is 11.8 Å². The number of nitrogens with one attached hydrogen (secondary N) is 1. The van der Waals surface area contributed by atoms with Crippen molar-refractivity contribution in [1.82, 2.24) is 14.9 Å². The fourth-order valence-electron chi connectivity index (χ4n) is 2.52. The van der Waals surface area contributed by atoms with Crippen molar-refractivity contribution in [3.8, 4) is 0 Å². The fourth-order valence-corrected chi connectivity index (χ4v) is 3.00. The van der Waals surface area contributed by atoms with Gasteiger partial charge in [-0.15, -0.1) is 0 Å². The summed E-state index contributed by atoms with van der Waals surface area (Å²) in [5.41, 5.74) is 2.00. The SMILES string of the molecule is CCCCCCNC(=O)Cn1c(CSC)nc2ccccc21. The topological polar surface area (TPSA) is 46.9 Å². The Kier molecular flexibility index (Phi) is 6.77. The van der Waals surface area contributed by atoms with Gasteiger partial charge in [0, 0.05) is 6.54 Å². The molecule has 0 fully saturated rings. The molecule has 0 atom stereocenters. The van der Waals surface area contributed by atoms with E-state index in [4.69, 9.17) is 0 Å². The number of rotatable bonds is 9. The van der Waals surface area contributed by atoms with E-state index in [-0.39, 0.29) is 5.91 Å². The number of amides is 1. The van der Waals surface area contributed by atoms with Crippen molar-refractivity contribution in [3.63, 3.8) is 0 Å². The molecule has 4 nitrogen and oxygen atoms in total. The van der Waals surface area contributed by atoms with Crippen LogP contribution in [0, 0.1) is 0 Å². The van der Waals surface area contributed by atoms with E-state index >= 15 is 0 Å². The quantitative estimate of drug-likeness (QED) is 0.718. The van der Waals surface area contributed by atoms with Crippen LogP contribution in [0.25, 0.3) is 11.0 Å². The minimum atomic E-state index is 0.0713. The Morgan fingerprint density at radius 1 is 1.27 bits per heavy atom. The molecule has 5 heteroatoms. The minimum Gasteiger partial charge on any atom is -0.355 e. The Balaban J connectivity index is 2.00. The lowest BCUT2D eigenvalue weighted by molar-refractivity contribution is -0.121. The number of carbonyl (C=O) groups is 1. The number of para-hydroxylation sites is 2. The summed E-state index contributed by atoms with van der Waals surface area (Å²) in [5.74, 6) is 1.86. The second-order valence-electron chi connectivity index (χ2n) is 5.45. The number of hydrogen-bond donors (Lipinski definition) is 1. The molecule has 0 unspecified atom stereocenters. The maximum Gasteiger partial charge on any atom is 0.240 e. The van der Waals surface area contributed by atoms with Crippen molar-refractivity contribution in [3.05, 3.63) is 30.1 Å². The van der Waals surface area contributed by atoms with E-state index in [1.165, 1.54) is 19.3 Å². The minimum absolute atomic E-state index is 0.0713. The first-order chi connectivity index (χ1) is 10.8.